The fourth-order valence-corrected chi connectivity index (χ4v) is 3.95. The molecular weight excluding hydrogens is 250 g/mol. The van der Waals surface area contributed by atoms with Crippen LogP contribution >= 0.6 is 0 Å². The van der Waals surface area contributed by atoms with Gasteiger partial charge in [0.1, 0.15) is 5.75 Å². The normalized spacial score (nSPS) is 17.6. The van der Waals surface area contributed by atoms with Gasteiger partial charge in [0, 0.05) is 5.69 Å². The first-order chi connectivity index (χ1) is 8.55. The molecule has 5 heteroatoms. The molecule has 18 heavy (non-hydrogen) atoms. The molecule has 2 N–H and O–H groups in total. The second-order valence-electron chi connectivity index (χ2n) is 4.93. The number of nitrogens with one attached hydrogen (secondary N) is 1. The van der Waals surface area contributed by atoms with Crippen molar-refractivity contribution in [3.63, 3.8) is 0 Å². The number of benzene rings is 1. The minimum atomic E-state index is -3.28. The molecule has 4 nitrogen and oxygen atoms in total. The van der Waals surface area contributed by atoms with Crippen molar-refractivity contribution in [3.05, 3.63) is 24.3 Å². The highest BCUT2D eigenvalue weighted by atomic mass is 32.2. The lowest BCUT2D eigenvalue weighted by Crippen LogP contribution is -2.24. The van der Waals surface area contributed by atoms with E-state index in [1.165, 1.54) is 18.6 Å². The van der Waals surface area contributed by atoms with E-state index in [1.807, 2.05) is 0 Å². The number of phenols is 1. The zero-order chi connectivity index (χ0) is 13.0. The molecule has 0 heterocycles. The van der Waals surface area contributed by atoms with E-state index >= 15 is 0 Å². The molecule has 0 saturated heterocycles. The first-order valence-corrected chi connectivity index (χ1v) is 8.00. The lowest BCUT2D eigenvalue weighted by atomic mass is 9.91. The van der Waals surface area contributed by atoms with Gasteiger partial charge in [0.2, 0.25) is 10.0 Å². The molecule has 1 aliphatic rings. The summed E-state index contributed by atoms with van der Waals surface area (Å²) in [4.78, 5) is 0. The summed E-state index contributed by atoms with van der Waals surface area (Å²) in [6, 6.07) is 6.07. The second kappa shape index (κ2) is 5.61. The first-order valence-electron chi connectivity index (χ1n) is 6.35. The summed E-state index contributed by atoms with van der Waals surface area (Å²) in [5.74, 6) is 0.618. The molecule has 1 aliphatic carbocycles. The van der Waals surface area contributed by atoms with E-state index in [-0.39, 0.29) is 17.4 Å². The van der Waals surface area contributed by atoms with E-state index in [1.54, 1.807) is 12.1 Å². The van der Waals surface area contributed by atoms with Crippen molar-refractivity contribution in [2.45, 2.75) is 32.1 Å². The fraction of sp³-hybridized carbons (Fsp3) is 0.538. The van der Waals surface area contributed by atoms with Crippen LogP contribution in [0.4, 0.5) is 5.69 Å². The summed E-state index contributed by atoms with van der Waals surface area (Å²) in [5.41, 5.74) is 0.503. The smallest absolute Gasteiger partial charge is 0.232 e. The average Bonchev–Trinajstić information content (AvgIpc) is 2.32. The fourth-order valence-electron chi connectivity index (χ4n) is 2.41. The van der Waals surface area contributed by atoms with Crippen molar-refractivity contribution in [1.82, 2.24) is 0 Å². The van der Waals surface area contributed by atoms with Gasteiger partial charge in [0.25, 0.3) is 0 Å². The molecule has 1 saturated carbocycles. The van der Waals surface area contributed by atoms with Crippen molar-refractivity contribution in [3.8, 4) is 5.75 Å². The van der Waals surface area contributed by atoms with E-state index in [4.69, 9.17) is 5.11 Å². The Kier molecular flexibility index (Phi) is 4.11. The summed E-state index contributed by atoms with van der Waals surface area (Å²) in [6.45, 7) is 0. The van der Waals surface area contributed by atoms with Crippen LogP contribution in [-0.4, -0.2) is 19.3 Å². The maximum absolute atomic E-state index is 12.0. The predicted octanol–water partition coefficient (Wildman–Crippen LogP) is 2.71. The minimum absolute atomic E-state index is 0.130. The molecule has 0 aliphatic heterocycles. The molecule has 100 valence electrons. The van der Waals surface area contributed by atoms with Crippen molar-refractivity contribution in [2.75, 3.05) is 10.5 Å². The molecule has 0 atom stereocenters. The minimum Gasteiger partial charge on any atom is -0.508 e. The zero-order valence-electron chi connectivity index (χ0n) is 10.3. The van der Waals surface area contributed by atoms with E-state index in [2.05, 4.69) is 4.72 Å². The standard InChI is InChI=1S/C13H19NO3S/c15-13-8-6-12(7-9-13)14-18(16,17)10-11-4-2-1-3-5-11/h6-9,11,14-15H,1-5,10H2. The Bertz CT molecular complexity index is 475. The van der Waals surface area contributed by atoms with E-state index < -0.39 is 10.0 Å². The number of hydrogen-bond donors (Lipinski definition) is 2. The van der Waals surface area contributed by atoms with E-state index in [0.29, 0.717) is 5.69 Å². The van der Waals surface area contributed by atoms with Crippen molar-refractivity contribution in [2.24, 2.45) is 5.92 Å². The number of rotatable bonds is 4. The van der Waals surface area contributed by atoms with Gasteiger partial charge in [0.05, 0.1) is 5.75 Å². The average molecular weight is 269 g/mol. The topological polar surface area (TPSA) is 66.4 Å². The van der Waals surface area contributed by atoms with Crippen molar-refractivity contribution in [1.29, 1.82) is 0 Å². The highest BCUT2D eigenvalue weighted by Gasteiger charge is 2.21. The Morgan fingerprint density at radius 2 is 1.72 bits per heavy atom. The van der Waals surface area contributed by atoms with Gasteiger partial charge in [-0.25, -0.2) is 8.42 Å². The van der Waals surface area contributed by atoms with Crippen LogP contribution in [0.5, 0.6) is 5.75 Å². The van der Waals surface area contributed by atoms with E-state index in [0.717, 1.165) is 25.7 Å². The van der Waals surface area contributed by atoms with Gasteiger partial charge in [-0.05, 0) is 43.0 Å². The largest absolute Gasteiger partial charge is 0.508 e. The molecule has 0 amide bonds. The first kappa shape index (κ1) is 13.2. The third-order valence-corrected chi connectivity index (χ3v) is 4.78. The Morgan fingerprint density at radius 1 is 1.11 bits per heavy atom. The van der Waals surface area contributed by atoms with Crippen LogP contribution in [0.25, 0.3) is 0 Å². The van der Waals surface area contributed by atoms with Gasteiger partial charge < -0.3 is 5.11 Å². The van der Waals surface area contributed by atoms with Gasteiger partial charge in [-0.2, -0.15) is 0 Å². The molecular formula is C13H19NO3S. The lowest BCUT2D eigenvalue weighted by molar-refractivity contribution is 0.385. The Hall–Kier alpha value is -1.23. The summed E-state index contributed by atoms with van der Waals surface area (Å²) in [6.07, 6.45) is 5.52. The summed E-state index contributed by atoms with van der Waals surface area (Å²) in [5, 5.41) is 9.14. The number of aromatic hydroxyl groups is 1. The van der Waals surface area contributed by atoms with Crippen molar-refractivity contribution >= 4 is 15.7 Å². The van der Waals surface area contributed by atoms with Crippen LogP contribution in [0, 0.1) is 5.92 Å². The third kappa shape index (κ3) is 3.91. The van der Waals surface area contributed by atoms with Gasteiger partial charge in [-0.15, -0.1) is 0 Å². The summed E-state index contributed by atoms with van der Waals surface area (Å²) < 4.78 is 26.5. The Labute approximate surface area is 108 Å². The molecule has 0 radical (unpaired) electrons. The SMILES string of the molecule is O=S(=O)(CC1CCCCC1)Nc1ccc(O)cc1. The molecule has 0 bridgehead atoms. The van der Waals surface area contributed by atoms with Gasteiger partial charge in [-0.1, -0.05) is 19.3 Å². The number of sulfonamides is 1. The van der Waals surface area contributed by atoms with Crippen LogP contribution in [0.1, 0.15) is 32.1 Å². The lowest BCUT2D eigenvalue weighted by Gasteiger charge is -2.21. The van der Waals surface area contributed by atoms with Crippen LogP contribution in [0.15, 0.2) is 24.3 Å². The number of hydrogen-bond acceptors (Lipinski definition) is 3. The Balaban J connectivity index is 1.96. The van der Waals surface area contributed by atoms with Crippen LogP contribution in [0.3, 0.4) is 0 Å². The zero-order valence-corrected chi connectivity index (χ0v) is 11.1. The van der Waals surface area contributed by atoms with Crippen LogP contribution in [-0.2, 0) is 10.0 Å². The van der Waals surface area contributed by atoms with E-state index in [9.17, 15) is 8.42 Å². The molecule has 0 aromatic heterocycles. The predicted molar refractivity (Wildman–Crippen MR) is 72.1 cm³/mol. The molecule has 1 fully saturated rings. The number of anilines is 1. The highest BCUT2D eigenvalue weighted by Crippen LogP contribution is 2.25. The van der Waals surface area contributed by atoms with Gasteiger partial charge >= 0.3 is 0 Å². The maximum atomic E-state index is 12.0. The molecule has 2 rings (SSSR count). The van der Waals surface area contributed by atoms with Crippen molar-refractivity contribution < 1.29 is 13.5 Å². The third-order valence-electron chi connectivity index (χ3n) is 3.32. The summed E-state index contributed by atoms with van der Waals surface area (Å²) >= 11 is 0. The van der Waals surface area contributed by atoms with Crippen LogP contribution < -0.4 is 4.72 Å². The molecule has 1 aromatic rings. The monoisotopic (exact) mass is 269 g/mol. The van der Waals surface area contributed by atoms with Gasteiger partial charge in [-0.3, -0.25) is 4.72 Å². The molecule has 1 aromatic carbocycles. The highest BCUT2D eigenvalue weighted by molar-refractivity contribution is 7.92. The molecule has 0 unspecified atom stereocenters. The maximum Gasteiger partial charge on any atom is 0.232 e. The van der Waals surface area contributed by atoms with Gasteiger partial charge in [0.15, 0.2) is 0 Å². The van der Waals surface area contributed by atoms with Crippen LogP contribution in [0.2, 0.25) is 0 Å². The molecule has 0 spiro atoms. The quantitative estimate of drug-likeness (QED) is 0.826. The second-order valence-corrected chi connectivity index (χ2v) is 6.70. The summed E-state index contributed by atoms with van der Waals surface area (Å²) in [7, 11) is -3.28. The number of phenolic OH excluding ortho intramolecular Hbond substituents is 1. The Morgan fingerprint density at radius 3 is 2.33 bits per heavy atom.